The van der Waals surface area contributed by atoms with Crippen LogP contribution < -0.4 is 30.9 Å². The number of hydrogen-bond acceptors (Lipinski definition) is 7. The summed E-state index contributed by atoms with van der Waals surface area (Å²) in [7, 11) is 0. The number of amides is 3. The number of thioether (sulfide) groups is 1. The molecule has 35 heavy (non-hydrogen) atoms. The molecule has 0 radical (unpaired) electrons. The molecule has 0 spiro atoms. The molecule has 182 valence electrons. The van der Waals surface area contributed by atoms with Gasteiger partial charge in [0.25, 0.3) is 5.91 Å². The van der Waals surface area contributed by atoms with Crippen LogP contribution in [0.2, 0.25) is 0 Å². The van der Waals surface area contributed by atoms with Crippen LogP contribution >= 0.6 is 11.8 Å². The number of piperidine rings is 2. The molecule has 3 saturated heterocycles. The summed E-state index contributed by atoms with van der Waals surface area (Å²) in [5.74, 6) is 1.09. The Morgan fingerprint density at radius 2 is 2.03 bits per heavy atom. The number of carbonyl (C=O) groups is 2. The van der Waals surface area contributed by atoms with Gasteiger partial charge in [-0.2, -0.15) is 0 Å². The largest absolute Gasteiger partial charge is 0.439 e. The van der Waals surface area contributed by atoms with Gasteiger partial charge in [-0.15, -0.1) is 0 Å². The molecule has 3 fully saturated rings. The van der Waals surface area contributed by atoms with Gasteiger partial charge in [0.1, 0.15) is 5.75 Å². The quantitative estimate of drug-likeness (QED) is 0.508. The normalized spacial score (nSPS) is 27.8. The van der Waals surface area contributed by atoms with Crippen molar-refractivity contribution < 1.29 is 14.3 Å². The van der Waals surface area contributed by atoms with Gasteiger partial charge in [-0.3, -0.25) is 9.69 Å². The van der Waals surface area contributed by atoms with E-state index >= 15 is 0 Å². The summed E-state index contributed by atoms with van der Waals surface area (Å²) in [4.78, 5) is 33.3. The van der Waals surface area contributed by atoms with Crippen molar-refractivity contribution in [3.63, 3.8) is 0 Å². The average Bonchev–Trinajstić information content (AvgIpc) is 3.26. The lowest BCUT2D eigenvalue weighted by Crippen LogP contribution is -2.62. The van der Waals surface area contributed by atoms with E-state index in [4.69, 9.17) is 4.74 Å². The van der Waals surface area contributed by atoms with E-state index in [0.717, 1.165) is 44.6 Å². The van der Waals surface area contributed by atoms with Gasteiger partial charge < -0.3 is 26.0 Å². The summed E-state index contributed by atoms with van der Waals surface area (Å²) in [6.07, 6.45) is 4.49. The number of carbonyl (C=O) groups excluding carboxylic acids is 2. The molecule has 4 aliphatic rings. The van der Waals surface area contributed by atoms with Crippen LogP contribution in [0.25, 0.3) is 0 Å². The molecule has 4 N–H and O–H groups in total. The van der Waals surface area contributed by atoms with Gasteiger partial charge in [-0.05, 0) is 50.6 Å². The first-order chi connectivity index (χ1) is 17.2. The Morgan fingerprint density at radius 3 is 2.80 bits per heavy atom. The third-order valence-electron chi connectivity index (χ3n) is 6.94. The summed E-state index contributed by atoms with van der Waals surface area (Å²) >= 11 is 1.53. The fraction of sp³-hybridized carbons (Fsp3) is 0.400. The van der Waals surface area contributed by atoms with Crippen molar-refractivity contribution >= 4 is 29.4 Å². The summed E-state index contributed by atoms with van der Waals surface area (Å²) in [5, 5.41) is 13.1. The minimum Gasteiger partial charge on any atom is -0.439 e. The first-order valence-corrected chi connectivity index (χ1v) is 13.0. The lowest BCUT2D eigenvalue weighted by atomic mass is 9.86. The smallest absolute Gasteiger partial charge is 0.326 e. The van der Waals surface area contributed by atoms with Crippen molar-refractivity contribution in [2.24, 2.45) is 5.92 Å². The molecule has 0 aliphatic carbocycles. The maximum atomic E-state index is 13.3. The molecule has 6 rings (SSSR count). The number of nitrogens with zero attached hydrogens (tertiary/aromatic N) is 2. The predicted molar refractivity (Wildman–Crippen MR) is 134 cm³/mol. The summed E-state index contributed by atoms with van der Waals surface area (Å²) in [5.41, 5.74) is 1.46. The highest BCUT2D eigenvalue weighted by molar-refractivity contribution is 8.04. The zero-order chi connectivity index (χ0) is 23.8. The fourth-order valence-corrected chi connectivity index (χ4v) is 6.73. The molecule has 1 aromatic heterocycles. The van der Waals surface area contributed by atoms with Crippen LogP contribution in [-0.2, 0) is 4.79 Å². The minimum absolute atomic E-state index is 0.0110. The molecular formula is C25H28N6O3S. The van der Waals surface area contributed by atoms with Crippen LogP contribution in [0, 0.1) is 5.92 Å². The highest BCUT2D eigenvalue weighted by atomic mass is 32.2. The first-order valence-electron chi connectivity index (χ1n) is 12.1. The van der Waals surface area contributed by atoms with Crippen molar-refractivity contribution in [3.05, 3.63) is 59.3 Å². The second-order valence-corrected chi connectivity index (χ2v) is 10.4. The molecule has 0 saturated carbocycles. The lowest BCUT2D eigenvalue weighted by molar-refractivity contribution is -0.117. The Balaban J connectivity index is 1.22. The second kappa shape index (κ2) is 9.52. The van der Waals surface area contributed by atoms with Crippen molar-refractivity contribution in [1.29, 1.82) is 0 Å². The second-order valence-electron chi connectivity index (χ2n) is 9.20. The van der Waals surface area contributed by atoms with Crippen LogP contribution in [0.4, 0.5) is 10.5 Å². The number of anilines is 1. The number of aromatic nitrogens is 1. The molecular weight excluding hydrogens is 464 g/mol. The van der Waals surface area contributed by atoms with Crippen LogP contribution in [0.15, 0.2) is 59.3 Å². The molecule has 0 bridgehead atoms. The number of ether oxygens (including phenoxy) is 1. The van der Waals surface area contributed by atoms with Gasteiger partial charge in [-0.25, -0.2) is 9.78 Å². The van der Waals surface area contributed by atoms with E-state index in [1.807, 2.05) is 36.4 Å². The monoisotopic (exact) mass is 492 g/mol. The van der Waals surface area contributed by atoms with E-state index in [1.54, 1.807) is 17.2 Å². The highest BCUT2D eigenvalue weighted by Crippen LogP contribution is 2.47. The van der Waals surface area contributed by atoms with Crippen molar-refractivity contribution in [1.82, 2.24) is 26.3 Å². The Bertz CT molecular complexity index is 1140. The van der Waals surface area contributed by atoms with E-state index in [0.29, 0.717) is 22.2 Å². The number of pyridine rings is 1. The number of hydrogen-bond donors (Lipinski definition) is 4. The first kappa shape index (κ1) is 22.4. The number of benzene rings is 1. The van der Waals surface area contributed by atoms with Gasteiger partial charge in [-0.1, -0.05) is 30.0 Å². The molecule has 4 atom stereocenters. The van der Waals surface area contributed by atoms with Gasteiger partial charge in [0.15, 0.2) is 0 Å². The van der Waals surface area contributed by atoms with Crippen LogP contribution in [-0.4, -0.2) is 54.0 Å². The molecule has 3 unspecified atom stereocenters. The van der Waals surface area contributed by atoms with Gasteiger partial charge in [0.2, 0.25) is 5.88 Å². The topological polar surface area (TPSA) is 108 Å². The van der Waals surface area contributed by atoms with E-state index in [9.17, 15) is 9.59 Å². The zero-order valence-electron chi connectivity index (χ0n) is 19.2. The maximum absolute atomic E-state index is 13.3. The summed E-state index contributed by atoms with van der Waals surface area (Å²) < 4.78 is 5.80. The number of rotatable bonds is 5. The van der Waals surface area contributed by atoms with E-state index in [1.165, 1.54) is 11.8 Å². The molecule has 9 nitrogen and oxygen atoms in total. The Hall–Kier alpha value is -3.08. The summed E-state index contributed by atoms with van der Waals surface area (Å²) in [6.45, 7) is 2.55. The third kappa shape index (κ3) is 4.37. The Morgan fingerprint density at radius 1 is 1.14 bits per heavy atom. The molecule has 1 aromatic carbocycles. The van der Waals surface area contributed by atoms with E-state index in [2.05, 4.69) is 26.3 Å². The molecule has 5 heterocycles. The molecule has 3 amide bonds. The van der Waals surface area contributed by atoms with Gasteiger partial charge in [0, 0.05) is 30.3 Å². The summed E-state index contributed by atoms with van der Waals surface area (Å²) in [6, 6.07) is 12.9. The van der Waals surface area contributed by atoms with Crippen LogP contribution in [0.3, 0.4) is 0 Å². The van der Waals surface area contributed by atoms with Crippen LogP contribution in [0.1, 0.15) is 19.3 Å². The standard InChI is InChI=1S/C25H28N6O3S/c32-23(29-15-5-4-11-26-13-15)22-21-20-18(10-12-27-24(20)35-22)31(25(33)30-21)16-8-9-19(28-14-16)34-17-6-2-1-3-7-17/h1-3,6-9,14-15,18,20,24,26-27H,4-5,10-13H2,(H,29,32)(H,30,33)/t15-,18?,20?,24?/m1/s1. The number of para-hydroxylation sites is 1. The van der Waals surface area contributed by atoms with E-state index in [-0.39, 0.29) is 35.3 Å². The van der Waals surface area contributed by atoms with Gasteiger partial charge in [0.05, 0.1) is 28.2 Å². The minimum atomic E-state index is -0.229. The highest BCUT2D eigenvalue weighted by Gasteiger charge is 2.51. The number of urea groups is 1. The van der Waals surface area contributed by atoms with Gasteiger partial charge >= 0.3 is 6.03 Å². The van der Waals surface area contributed by atoms with Crippen molar-refractivity contribution in [2.45, 2.75) is 36.7 Å². The van der Waals surface area contributed by atoms with Crippen LogP contribution in [0.5, 0.6) is 11.6 Å². The average molecular weight is 493 g/mol. The molecule has 10 heteroatoms. The number of nitrogens with one attached hydrogen (secondary N) is 4. The maximum Gasteiger partial charge on any atom is 0.326 e. The SMILES string of the molecule is O=C(N[C@@H]1CCCNC1)C1=C2NC(=O)N(c3ccc(Oc4ccccc4)nc3)C3CCNC(S1)C23. The third-order valence-corrected chi connectivity index (χ3v) is 8.30. The van der Waals surface area contributed by atoms with Crippen molar-refractivity contribution in [2.75, 3.05) is 24.5 Å². The molecule has 2 aromatic rings. The van der Waals surface area contributed by atoms with E-state index < -0.39 is 0 Å². The zero-order valence-corrected chi connectivity index (χ0v) is 20.0. The Labute approximate surface area is 208 Å². The Kier molecular flexibility index (Phi) is 6.09. The molecule has 4 aliphatic heterocycles. The lowest BCUT2D eigenvalue weighted by Gasteiger charge is -2.45. The van der Waals surface area contributed by atoms with Crippen molar-refractivity contribution in [3.8, 4) is 11.6 Å². The fourth-order valence-electron chi connectivity index (χ4n) is 5.33. The predicted octanol–water partition coefficient (Wildman–Crippen LogP) is 2.53.